The summed E-state index contributed by atoms with van der Waals surface area (Å²) >= 11 is 1.46. The summed E-state index contributed by atoms with van der Waals surface area (Å²) in [6.07, 6.45) is 5.68. The van der Waals surface area contributed by atoms with E-state index in [0.29, 0.717) is 24.0 Å². The van der Waals surface area contributed by atoms with Gasteiger partial charge in [-0.15, -0.1) is 11.8 Å². The van der Waals surface area contributed by atoms with E-state index in [2.05, 4.69) is 25.7 Å². The highest BCUT2D eigenvalue weighted by molar-refractivity contribution is 7.98. The second-order valence-corrected chi connectivity index (χ2v) is 5.10. The maximum absolute atomic E-state index is 12.0. The van der Waals surface area contributed by atoms with Crippen molar-refractivity contribution in [3.05, 3.63) is 12.7 Å². The average molecular weight is 292 g/mol. The first kappa shape index (κ1) is 12.9. The monoisotopic (exact) mass is 292 g/mol. The molecule has 0 saturated carbocycles. The van der Waals surface area contributed by atoms with Gasteiger partial charge in [0.25, 0.3) is 5.91 Å². The van der Waals surface area contributed by atoms with Gasteiger partial charge in [-0.1, -0.05) is 0 Å². The van der Waals surface area contributed by atoms with Crippen LogP contribution in [0.2, 0.25) is 0 Å². The number of hydrogen-bond donors (Lipinski definition) is 2. The Kier molecular flexibility index (Phi) is 3.26. The van der Waals surface area contributed by atoms with Crippen LogP contribution in [-0.4, -0.2) is 43.7 Å². The molecule has 0 aromatic carbocycles. The number of amides is 2. The van der Waals surface area contributed by atoms with Crippen LogP contribution in [-0.2, 0) is 9.59 Å². The van der Waals surface area contributed by atoms with E-state index in [1.54, 1.807) is 0 Å². The Labute approximate surface area is 118 Å². The third-order valence-corrected chi connectivity index (χ3v) is 3.72. The first-order valence-electron chi connectivity index (χ1n) is 6.01. The molecule has 1 aliphatic rings. The molecule has 2 aromatic heterocycles. The SMILES string of the molecule is CSc1ncnc2c1ncn2NC(=O)C1CCC(=O)N1. The van der Waals surface area contributed by atoms with Gasteiger partial charge in [0, 0.05) is 6.42 Å². The van der Waals surface area contributed by atoms with Crippen LogP contribution in [0.4, 0.5) is 0 Å². The molecule has 1 aliphatic heterocycles. The minimum absolute atomic E-state index is 0.104. The third kappa shape index (κ3) is 2.20. The quantitative estimate of drug-likeness (QED) is 0.605. The molecule has 0 bridgehead atoms. The normalized spacial score (nSPS) is 18.2. The van der Waals surface area contributed by atoms with E-state index in [9.17, 15) is 9.59 Å². The van der Waals surface area contributed by atoms with Gasteiger partial charge in [0.2, 0.25) is 5.91 Å². The van der Waals surface area contributed by atoms with E-state index >= 15 is 0 Å². The molecule has 2 N–H and O–H groups in total. The Bertz CT molecular complexity index is 685. The lowest BCUT2D eigenvalue weighted by atomic mass is 10.2. The first-order valence-corrected chi connectivity index (χ1v) is 7.24. The second-order valence-electron chi connectivity index (χ2n) is 4.30. The molecule has 1 saturated heterocycles. The second kappa shape index (κ2) is 5.08. The molecule has 1 atom stereocenters. The molecular weight excluding hydrogens is 280 g/mol. The zero-order chi connectivity index (χ0) is 14.1. The number of carbonyl (C=O) groups is 2. The van der Waals surface area contributed by atoms with E-state index in [1.807, 2.05) is 6.26 Å². The highest BCUT2D eigenvalue weighted by Gasteiger charge is 2.27. The van der Waals surface area contributed by atoms with Crippen LogP contribution in [0.3, 0.4) is 0 Å². The molecule has 2 aromatic rings. The lowest BCUT2D eigenvalue weighted by molar-refractivity contribution is -0.123. The van der Waals surface area contributed by atoms with Gasteiger partial charge in [0.05, 0.1) is 0 Å². The Morgan fingerprint density at radius 1 is 1.50 bits per heavy atom. The summed E-state index contributed by atoms with van der Waals surface area (Å²) in [7, 11) is 0. The van der Waals surface area contributed by atoms with Gasteiger partial charge in [-0.3, -0.25) is 15.0 Å². The molecule has 9 heteroatoms. The number of imidazole rings is 1. The molecule has 1 fully saturated rings. The molecule has 1 unspecified atom stereocenters. The summed E-state index contributed by atoms with van der Waals surface area (Å²) in [5, 5.41) is 3.36. The molecule has 3 rings (SSSR count). The predicted molar refractivity (Wildman–Crippen MR) is 72.6 cm³/mol. The van der Waals surface area contributed by atoms with Gasteiger partial charge in [-0.25, -0.2) is 19.6 Å². The van der Waals surface area contributed by atoms with E-state index in [1.165, 1.54) is 29.1 Å². The van der Waals surface area contributed by atoms with Crippen LogP contribution in [0.15, 0.2) is 17.7 Å². The van der Waals surface area contributed by atoms with Crippen molar-refractivity contribution in [1.82, 2.24) is 24.9 Å². The van der Waals surface area contributed by atoms with Crippen LogP contribution >= 0.6 is 11.8 Å². The summed E-state index contributed by atoms with van der Waals surface area (Å²) < 4.78 is 1.45. The van der Waals surface area contributed by atoms with Crippen molar-refractivity contribution in [2.24, 2.45) is 0 Å². The van der Waals surface area contributed by atoms with Gasteiger partial charge < -0.3 is 5.32 Å². The number of thioether (sulfide) groups is 1. The van der Waals surface area contributed by atoms with Crippen molar-refractivity contribution in [2.75, 3.05) is 11.7 Å². The Balaban J connectivity index is 1.84. The van der Waals surface area contributed by atoms with E-state index in [4.69, 9.17) is 0 Å². The number of fused-ring (bicyclic) bond motifs is 1. The standard InChI is InChI=1S/C11H12N6O2S/c1-20-11-8-9(12-4-13-11)17(5-14-8)16-10(19)6-2-3-7(18)15-6/h4-6H,2-3H2,1H3,(H,15,18)(H,16,19). The van der Waals surface area contributed by atoms with E-state index < -0.39 is 6.04 Å². The molecule has 2 amide bonds. The minimum Gasteiger partial charge on any atom is -0.344 e. The van der Waals surface area contributed by atoms with Gasteiger partial charge in [0.15, 0.2) is 5.65 Å². The average Bonchev–Trinajstić information content (AvgIpc) is 3.05. The summed E-state index contributed by atoms with van der Waals surface area (Å²) in [5.74, 6) is -0.382. The minimum atomic E-state index is -0.498. The fourth-order valence-corrected chi connectivity index (χ4v) is 2.54. The highest BCUT2D eigenvalue weighted by Crippen LogP contribution is 2.20. The molecule has 20 heavy (non-hydrogen) atoms. The molecule has 0 radical (unpaired) electrons. The maximum atomic E-state index is 12.0. The molecule has 0 spiro atoms. The lowest BCUT2D eigenvalue weighted by Gasteiger charge is -2.11. The van der Waals surface area contributed by atoms with Crippen molar-refractivity contribution in [1.29, 1.82) is 0 Å². The number of aromatic nitrogens is 4. The van der Waals surface area contributed by atoms with Crippen LogP contribution in [0.1, 0.15) is 12.8 Å². The van der Waals surface area contributed by atoms with Crippen molar-refractivity contribution < 1.29 is 9.59 Å². The molecular formula is C11H12N6O2S. The topological polar surface area (TPSA) is 102 Å². The number of nitrogens with one attached hydrogen (secondary N) is 2. The summed E-state index contributed by atoms with van der Waals surface area (Å²) in [6, 6.07) is -0.498. The molecule has 104 valence electrons. The van der Waals surface area contributed by atoms with E-state index in [-0.39, 0.29) is 11.8 Å². The van der Waals surface area contributed by atoms with Crippen LogP contribution in [0.5, 0.6) is 0 Å². The zero-order valence-electron chi connectivity index (χ0n) is 10.7. The fraction of sp³-hybridized carbons (Fsp3) is 0.364. The third-order valence-electron chi connectivity index (χ3n) is 3.04. The summed E-state index contributed by atoms with van der Waals surface area (Å²) in [5.41, 5.74) is 3.84. The summed E-state index contributed by atoms with van der Waals surface area (Å²) in [4.78, 5) is 35.6. The first-order chi connectivity index (χ1) is 9.69. The maximum Gasteiger partial charge on any atom is 0.261 e. The number of carbonyl (C=O) groups excluding carboxylic acids is 2. The largest absolute Gasteiger partial charge is 0.344 e. The summed E-state index contributed by atoms with van der Waals surface area (Å²) in [6.45, 7) is 0. The van der Waals surface area contributed by atoms with Gasteiger partial charge >= 0.3 is 0 Å². The van der Waals surface area contributed by atoms with Crippen LogP contribution in [0, 0.1) is 0 Å². The van der Waals surface area contributed by atoms with Crippen molar-refractivity contribution >= 4 is 34.7 Å². The Morgan fingerprint density at radius 2 is 2.35 bits per heavy atom. The van der Waals surface area contributed by atoms with E-state index in [0.717, 1.165) is 5.03 Å². The molecule has 3 heterocycles. The number of nitrogens with zero attached hydrogens (tertiary/aromatic N) is 4. The molecule has 8 nitrogen and oxygen atoms in total. The van der Waals surface area contributed by atoms with Crippen molar-refractivity contribution in [3.8, 4) is 0 Å². The Morgan fingerprint density at radius 3 is 3.05 bits per heavy atom. The van der Waals surface area contributed by atoms with Gasteiger partial charge in [-0.05, 0) is 12.7 Å². The van der Waals surface area contributed by atoms with Crippen LogP contribution in [0.25, 0.3) is 11.2 Å². The highest BCUT2D eigenvalue weighted by atomic mass is 32.2. The zero-order valence-corrected chi connectivity index (χ0v) is 11.5. The smallest absolute Gasteiger partial charge is 0.261 e. The van der Waals surface area contributed by atoms with Gasteiger partial charge in [0.1, 0.15) is 29.2 Å². The fourth-order valence-electron chi connectivity index (χ4n) is 2.05. The van der Waals surface area contributed by atoms with Crippen LogP contribution < -0.4 is 10.7 Å². The lowest BCUT2D eigenvalue weighted by Crippen LogP contribution is -2.40. The number of hydrogen-bond acceptors (Lipinski definition) is 6. The predicted octanol–water partition coefficient (Wildman–Crippen LogP) is -0.103. The number of rotatable bonds is 3. The Hall–Kier alpha value is -2.16. The van der Waals surface area contributed by atoms with Crippen molar-refractivity contribution in [3.63, 3.8) is 0 Å². The molecule has 0 aliphatic carbocycles. The van der Waals surface area contributed by atoms with Crippen molar-refractivity contribution in [2.45, 2.75) is 23.9 Å². The van der Waals surface area contributed by atoms with Gasteiger partial charge in [-0.2, -0.15) is 0 Å².